The molecule has 0 aromatic carbocycles. The zero-order valence-corrected chi connectivity index (χ0v) is 69.3. The molecular weight excluding hydrogens is 1340 g/mol. The Labute approximate surface area is 632 Å². The fourth-order valence-corrected chi connectivity index (χ4v) is 14.7. The third-order valence-electron chi connectivity index (χ3n) is 19.8. The summed E-state index contributed by atoms with van der Waals surface area (Å²) in [6.45, 7) is 7.35. The Hall–Kier alpha value is -1.94. The van der Waals surface area contributed by atoms with E-state index in [0.29, 0.717) is 25.7 Å². The minimum absolute atomic E-state index is 0.108. The molecule has 0 spiro atoms. The molecule has 2 unspecified atom stereocenters. The molecule has 0 aliphatic carbocycles. The molecule has 0 heterocycles. The highest BCUT2D eigenvalue weighted by Gasteiger charge is 2.30. The van der Waals surface area contributed by atoms with Crippen molar-refractivity contribution in [2.24, 2.45) is 5.92 Å². The van der Waals surface area contributed by atoms with Gasteiger partial charge in [-0.3, -0.25) is 37.3 Å². The van der Waals surface area contributed by atoms with Crippen molar-refractivity contribution in [3.63, 3.8) is 0 Å². The largest absolute Gasteiger partial charge is 0.472 e. The van der Waals surface area contributed by atoms with Crippen LogP contribution in [0.2, 0.25) is 0 Å². The summed E-state index contributed by atoms with van der Waals surface area (Å²) in [6.07, 6.45) is 69.6. The average molecular weight is 1510 g/mol. The van der Waals surface area contributed by atoms with Gasteiger partial charge in [0.1, 0.15) is 19.3 Å². The first-order chi connectivity index (χ1) is 50.0. The van der Waals surface area contributed by atoms with Crippen molar-refractivity contribution in [1.82, 2.24) is 0 Å². The standard InChI is InChI=1S/C84H164O17P2/c1-6-9-12-15-18-21-23-25-27-28-29-30-31-32-33-37-42-46-50-55-60-65-70-84(89)101-80(74-95-82(87)68-63-58-53-48-44-40-38-34-36-39-43-47-51-56-61-66-77(4)5)76-99-103(92,93)97-72-78(85)71-96-102(90,91)98-75-79(73-94-81(86)67-62-57-52-20-17-14-11-8-3)100-83(88)69-64-59-54-49-45-41-35-26-24-22-19-16-13-10-7-2/h77-80,85H,6-76H2,1-5H3,(H,90,91)(H,92,93)/t78-,79+,80+/m0/s1. The number of carbonyl (C=O) groups excluding carboxylic acids is 4. The highest BCUT2D eigenvalue weighted by molar-refractivity contribution is 7.47. The van der Waals surface area contributed by atoms with Gasteiger partial charge in [-0.15, -0.1) is 0 Å². The first kappa shape index (κ1) is 101. The number of aliphatic hydroxyl groups is 1. The predicted octanol–water partition coefficient (Wildman–Crippen LogP) is 25.6. The van der Waals surface area contributed by atoms with Crippen LogP contribution in [0.5, 0.6) is 0 Å². The Morgan fingerprint density at radius 3 is 0.660 bits per heavy atom. The predicted molar refractivity (Wildman–Crippen MR) is 423 cm³/mol. The SMILES string of the molecule is CCCCCCCCCCCCCCCCCCCCCCCCC(=O)O[C@H](COC(=O)CCCCCCCCCCCCCCCCCC(C)C)COP(=O)(O)OC[C@@H](O)COP(=O)(O)OC[C@@H](COC(=O)CCCCCCCCCC)OC(=O)CCCCCCCCCCCCCCCCC. The van der Waals surface area contributed by atoms with Gasteiger partial charge in [0, 0.05) is 25.7 Å². The molecule has 3 N–H and O–H groups in total. The molecule has 0 aliphatic heterocycles. The van der Waals surface area contributed by atoms with Crippen LogP contribution in [-0.4, -0.2) is 96.7 Å². The highest BCUT2D eigenvalue weighted by atomic mass is 31.2. The van der Waals surface area contributed by atoms with Gasteiger partial charge in [0.05, 0.1) is 26.4 Å². The molecule has 0 aromatic rings. The molecule has 0 radical (unpaired) electrons. The van der Waals surface area contributed by atoms with E-state index in [1.807, 2.05) is 0 Å². The Morgan fingerprint density at radius 2 is 0.447 bits per heavy atom. The Balaban J connectivity index is 5.18. The van der Waals surface area contributed by atoms with Crippen LogP contribution in [0, 0.1) is 5.92 Å². The summed E-state index contributed by atoms with van der Waals surface area (Å²) < 4.78 is 68.7. The topological polar surface area (TPSA) is 237 Å². The van der Waals surface area contributed by atoms with E-state index >= 15 is 0 Å². The van der Waals surface area contributed by atoms with Gasteiger partial charge in [-0.2, -0.15) is 0 Å². The Morgan fingerprint density at radius 1 is 0.262 bits per heavy atom. The van der Waals surface area contributed by atoms with E-state index in [0.717, 1.165) is 95.8 Å². The van der Waals surface area contributed by atoms with Crippen LogP contribution < -0.4 is 0 Å². The van der Waals surface area contributed by atoms with Crippen molar-refractivity contribution in [3.05, 3.63) is 0 Å². The van der Waals surface area contributed by atoms with Crippen LogP contribution in [0.4, 0.5) is 0 Å². The van der Waals surface area contributed by atoms with Crippen molar-refractivity contribution in [3.8, 4) is 0 Å². The number of hydrogen-bond donors (Lipinski definition) is 3. The number of esters is 4. The molecule has 5 atom stereocenters. The number of ether oxygens (including phenoxy) is 4. The molecule has 0 rings (SSSR count). The van der Waals surface area contributed by atoms with Crippen LogP contribution in [-0.2, 0) is 65.4 Å². The van der Waals surface area contributed by atoms with E-state index < -0.39 is 97.5 Å². The van der Waals surface area contributed by atoms with Crippen LogP contribution in [0.15, 0.2) is 0 Å². The summed E-state index contributed by atoms with van der Waals surface area (Å²) in [5.74, 6) is -1.30. The quantitative estimate of drug-likeness (QED) is 0.0222. The molecule has 0 saturated heterocycles. The lowest BCUT2D eigenvalue weighted by Gasteiger charge is -2.21. The molecule has 0 saturated carbocycles. The number of carbonyl (C=O) groups is 4. The summed E-state index contributed by atoms with van der Waals surface area (Å²) in [6, 6.07) is 0. The first-order valence-corrected chi connectivity index (χ1v) is 46.6. The smallest absolute Gasteiger partial charge is 0.462 e. The maximum atomic E-state index is 13.1. The average Bonchev–Trinajstić information content (AvgIpc) is 0.925. The van der Waals surface area contributed by atoms with E-state index in [9.17, 15) is 43.2 Å². The van der Waals surface area contributed by atoms with Gasteiger partial charge in [-0.05, 0) is 31.6 Å². The van der Waals surface area contributed by atoms with E-state index in [4.69, 9.17) is 37.0 Å². The second-order valence-electron chi connectivity index (χ2n) is 30.7. The zero-order chi connectivity index (χ0) is 75.5. The van der Waals surface area contributed by atoms with Crippen molar-refractivity contribution >= 4 is 39.5 Å². The monoisotopic (exact) mass is 1510 g/mol. The molecule has 0 amide bonds. The van der Waals surface area contributed by atoms with Gasteiger partial charge < -0.3 is 33.8 Å². The van der Waals surface area contributed by atoms with Gasteiger partial charge in [0.25, 0.3) is 0 Å². The second-order valence-corrected chi connectivity index (χ2v) is 33.6. The molecule has 0 aromatic heterocycles. The third kappa shape index (κ3) is 78.0. The van der Waals surface area contributed by atoms with Crippen LogP contribution in [0.3, 0.4) is 0 Å². The van der Waals surface area contributed by atoms with Gasteiger partial charge >= 0.3 is 39.5 Å². The van der Waals surface area contributed by atoms with Gasteiger partial charge in [0.15, 0.2) is 12.2 Å². The fourth-order valence-electron chi connectivity index (χ4n) is 13.1. The molecule has 19 heteroatoms. The van der Waals surface area contributed by atoms with E-state index in [-0.39, 0.29) is 25.7 Å². The summed E-state index contributed by atoms with van der Waals surface area (Å²) in [4.78, 5) is 73.0. The number of aliphatic hydroxyl groups excluding tert-OH is 1. The van der Waals surface area contributed by atoms with Gasteiger partial charge in [-0.25, -0.2) is 9.13 Å². The van der Waals surface area contributed by atoms with Crippen LogP contribution >= 0.6 is 15.6 Å². The van der Waals surface area contributed by atoms with Gasteiger partial charge in [-0.1, -0.05) is 401 Å². The summed E-state index contributed by atoms with van der Waals surface area (Å²) in [5.41, 5.74) is 0. The highest BCUT2D eigenvalue weighted by Crippen LogP contribution is 2.45. The maximum Gasteiger partial charge on any atom is 0.472 e. The normalized spacial score (nSPS) is 13.8. The lowest BCUT2D eigenvalue weighted by Crippen LogP contribution is -2.30. The molecule has 0 aliphatic rings. The summed E-state index contributed by atoms with van der Waals surface area (Å²) in [5, 5.41) is 10.6. The minimum atomic E-state index is -4.96. The van der Waals surface area contributed by atoms with E-state index in [1.165, 1.54) is 276 Å². The number of phosphoric acid groups is 2. The molecule has 0 bridgehead atoms. The number of rotatable bonds is 84. The summed E-state index contributed by atoms with van der Waals surface area (Å²) in [7, 11) is -9.92. The second kappa shape index (κ2) is 76.8. The molecular formula is C84H164O17P2. The number of unbranched alkanes of at least 4 members (excludes halogenated alkanes) is 56. The molecule has 103 heavy (non-hydrogen) atoms. The van der Waals surface area contributed by atoms with Crippen molar-refractivity contribution in [2.75, 3.05) is 39.6 Å². The lowest BCUT2D eigenvalue weighted by molar-refractivity contribution is -0.161. The molecule has 612 valence electrons. The third-order valence-corrected chi connectivity index (χ3v) is 21.7. The zero-order valence-electron chi connectivity index (χ0n) is 67.5. The summed E-state index contributed by atoms with van der Waals surface area (Å²) >= 11 is 0. The lowest BCUT2D eigenvalue weighted by atomic mass is 10.0. The Kier molecular flexibility index (Phi) is 75.4. The van der Waals surface area contributed by atoms with E-state index in [2.05, 4.69) is 34.6 Å². The van der Waals surface area contributed by atoms with Crippen LogP contribution in [0.1, 0.15) is 452 Å². The van der Waals surface area contributed by atoms with Crippen LogP contribution in [0.25, 0.3) is 0 Å². The maximum absolute atomic E-state index is 13.1. The fraction of sp³-hybridized carbons (Fsp3) is 0.952. The first-order valence-electron chi connectivity index (χ1n) is 43.6. The number of hydrogen-bond acceptors (Lipinski definition) is 15. The van der Waals surface area contributed by atoms with E-state index in [1.54, 1.807) is 0 Å². The van der Waals surface area contributed by atoms with Gasteiger partial charge in [0.2, 0.25) is 0 Å². The number of phosphoric ester groups is 2. The molecule has 0 fully saturated rings. The minimum Gasteiger partial charge on any atom is -0.462 e. The van der Waals surface area contributed by atoms with Crippen molar-refractivity contribution in [2.45, 2.75) is 470 Å². The van der Waals surface area contributed by atoms with Crippen molar-refractivity contribution in [1.29, 1.82) is 0 Å². The molecule has 17 nitrogen and oxygen atoms in total. The Bertz CT molecular complexity index is 1960. The van der Waals surface area contributed by atoms with Crippen molar-refractivity contribution < 1.29 is 80.2 Å².